The van der Waals surface area contributed by atoms with Gasteiger partial charge in [-0.15, -0.1) is 6.42 Å². The number of benzene rings is 2. The molecular formula is C14H10O. The maximum absolute atomic E-state index is 8.97. The topological polar surface area (TPSA) is 20.2 Å². The van der Waals surface area contributed by atoms with Gasteiger partial charge in [0.2, 0.25) is 0 Å². The maximum atomic E-state index is 8.97. The molecule has 0 saturated carbocycles. The number of phenols is 1. The van der Waals surface area contributed by atoms with Crippen molar-refractivity contribution < 1.29 is 5.11 Å². The fourth-order valence-electron chi connectivity index (χ4n) is 1.26. The van der Waals surface area contributed by atoms with Gasteiger partial charge in [-0.3, -0.25) is 0 Å². The summed E-state index contributed by atoms with van der Waals surface area (Å²) in [4.78, 5) is 0. The van der Waals surface area contributed by atoms with Crippen molar-refractivity contribution >= 4 is 0 Å². The molecule has 0 heterocycles. The van der Waals surface area contributed by atoms with Gasteiger partial charge in [0.15, 0.2) is 0 Å². The molecule has 0 bridgehead atoms. The minimum Gasteiger partial charge on any atom is -0.507 e. The van der Waals surface area contributed by atoms with E-state index >= 15 is 0 Å². The van der Waals surface area contributed by atoms with E-state index in [0.717, 1.165) is 0 Å². The highest BCUT2D eigenvalue weighted by molar-refractivity contribution is 5.75. The Balaban J connectivity index is 0.000000121. The van der Waals surface area contributed by atoms with Gasteiger partial charge in [-0.25, -0.2) is 0 Å². The SMILES string of the molecule is C#Cc1ccccc1O.c1cc2ccc1-2. The molecule has 0 aromatic heterocycles. The summed E-state index contributed by atoms with van der Waals surface area (Å²) in [6.45, 7) is 0. The van der Waals surface area contributed by atoms with Gasteiger partial charge in [-0.2, -0.15) is 0 Å². The molecule has 2 aliphatic rings. The molecule has 0 radical (unpaired) electrons. The molecule has 0 saturated heterocycles. The number of fused-ring (bicyclic) bond motifs is 1. The van der Waals surface area contributed by atoms with Crippen LogP contribution in [-0.2, 0) is 0 Å². The summed E-state index contributed by atoms with van der Waals surface area (Å²) in [5.74, 6) is 2.51. The highest BCUT2D eigenvalue weighted by Gasteiger charge is 2.03. The standard InChI is InChI=1S/C8H6O.C6H4/c1-2-7-5-3-4-6-8(7)9;1-2-6-4-3-5(1)6/h1,3-6,9H;1-4H. The van der Waals surface area contributed by atoms with Gasteiger partial charge in [0.25, 0.3) is 0 Å². The van der Waals surface area contributed by atoms with Crippen LogP contribution in [0.25, 0.3) is 11.1 Å². The van der Waals surface area contributed by atoms with E-state index in [9.17, 15) is 0 Å². The Hall–Kier alpha value is -2.20. The van der Waals surface area contributed by atoms with E-state index in [2.05, 4.69) is 30.2 Å². The van der Waals surface area contributed by atoms with Crippen LogP contribution in [0.2, 0.25) is 0 Å². The third kappa shape index (κ3) is 1.84. The first-order valence-electron chi connectivity index (χ1n) is 4.66. The van der Waals surface area contributed by atoms with E-state index in [1.807, 2.05) is 0 Å². The number of terminal acetylenes is 1. The first-order chi connectivity index (χ1) is 7.31. The summed E-state index contributed by atoms with van der Waals surface area (Å²) in [7, 11) is 0. The Bertz CT molecular complexity index is 483. The van der Waals surface area contributed by atoms with Crippen LogP contribution in [0.5, 0.6) is 5.75 Å². The molecule has 1 N–H and O–H groups in total. The molecule has 2 aliphatic carbocycles. The third-order valence-electron chi connectivity index (χ3n) is 2.28. The third-order valence-corrected chi connectivity index (χ3v) is 2.28. The molecule has 0 unspecified atom stereocenters. The highest BCUT2D eigenvalue weighted by Crippen LogP contribution is 2.29. The number of hydrogen-bond acceptors (Lipinski definition) is 1. The first-order valence-corrected chi connectivity index (χ1v) is 4.66. The second-order valence-corrected chi connectivity index (χ2v) is 3.24. The molecule has 72 valence electrons. The molecule has 1 nitrogen and oxygen atoms in total. The monoisotopic (exact) mass is 194 g/mol. The zero-order chi connectivity index (χ0) is 10.7. The quantitative estimate of drug-likeness (QED) is 0.545. The van der Waals surface area contributed by atoms with Gasteiger partial charge in [-0.05, 0) is 23.3 Å². The van der Waals surface area contributed by atoms with Crippen LogP contribution in [0.4, 0.5) is 0 Å². The van der Waals surface area contributed by atoms with E-state index in [-0.39, 0.29) is 5.75 Å². The molecule has 1 aromatic carbocycles. The van der Waals surface area contributed by atoms with Crippen molar-refractivity contribution in [2.24, 2.45) is 0 Å². The maximum Gasteiger partial charge on any atom is 0.131 e. The zero-order valence-corrected chi connectivity index (χ0v) is 8.14. The lowest BCUT2D eigenvalue weighted by Crippen LogP contribution is -1.85. The van der Waals surface area contributed by atoms with Crippen LogP contribution >= 0.6 is 0 Å². The Kier molecular flexibility index (Phi) is 2.43. The summed E-state index contributed by atoms with van der Waals surface area (Å²) in [5, 5.41) is 8.97. The van der Waals surface area contributed by atoms with Crippen molar-refractivity contribution in [2.75, 3.05) is 0 Å². The summed E-state index contributed by atoms with van der Waals surface area (Å²) < 4.78 is 0. The normalized spacial score (nSPS) is 9.53. The molecule has 1 aromatic rings. The van der Waals surface area contributed by atoms with Crippen LogP contribution in [0, 0.1) is 12.3 Å². The van der Waals surface area contributed by atoms with Crippen molar-refractivity contribution in [3.05, 3.63) is 54.1 Å². The molecule has 0 aliphatic heterocycles. The minimum absolute atomic E-state index is 0.167. The van der Waals surface area contributed by atoms with E-state index in [1.165, 1.54) is 11.1 Å². The van der Waals surface area contributed by atoms with Crippen molar-refractivity contribution in [2.45, 2.75) is 0 Å². The lowest BCUT2D eigenvalue weighted by Gasteiger charge is -2.10. The van der Waals surface area contributed by atoms with Crippen molar-refractivity contribution in [3.8, 4) is 29.2 Å². The van der Waals surface area contributed by atoms with Gasteiger partial charge in [0.1, 0.15) is 5.75 Å². The number of hydrogen-bond donors (Lipinski definition) is 1. The molecule has 3 rings (SSSR count). The average Bonchev–Trinajstić information content (AvgIpc) is 2.25. The second kappa shape index (κ2) is 3.89. The molecule has 0 spiro atoms. The molecule has 0 fully saturated rings. The molecular weight excluding hydrogens is 184 g/mol. The summed E-state index contributed by atoms with van der Waals surface area (Å²) >= 11 is 0. The predicted molar refractivity (Wildman–Crippen MR) is 61.5 cm³/mol. The number of rotatable bonds is 0. The van der Waals surface area contributed by atoms with Crippen molar-refractivity contribution in [1.82, 2.24) is 0 Å². The Morgan fingerprint density at radius 2 is 1.40 bits per heavy atom. The lowest BCUT2D eigenvalue weighted by atomic mass is 9.95. The van der Waals surface area contributed by atoms with Gasteiger partial charge in [0, 0.05) is 0 Å². The van der Waals surface area contributed by atoms with Crippen LogP contribution in [-0.4, -0.2) is 5.11 Å². The molecule has 15 heavy (non-hydrogen) atoms. The fourth-order valence-corrected chi connectivity index (χ4v) is 1.26. The van der Waals surface area contributed by atoms with Crippen molar-refractivity contribution in [1.29, 1.82) is 0 Å². The first kappa shape index (κ1) is 9.36. The Morgan fingerprint density at radius 1 is 0.867 bits per heavy atom. The second-order valence-electron chi connectivity index (χ2n) is 3.24. The van der Waals surface area contributed by atoms with E-state index in [4.69, 9.17) is 11.5 Å². The summed E-state index contributed by atoms with van der Waals surface area (Å²) in [6.07, 6.45) is 5.04. The van der Waals surface area contributed by atoms with Gasteiger partial charge >= 0.3 is 0 Å². The molecule has 1 heteroatoms. The minimum atomic E-state index is 0.167. The largest absolute Gasteiger partial charge is 0.507 e. The van der Waals surface area contributed by atoms with Crippen LogP contribution in [0.15, 0.2) is 48.5 Å². The Morgan fingerprint density at radius 3 is 1.67 bits per heavy atom. The van der Waals surface area contributed by atoms with Crippen LogP contribution in [0.3, 0.4) is 0 Å². The zero-order valence-electron chi connectivity index (χ0n) is 8.14. The molecule has 0 atom stereocenters. The predicted octanol–water partition coefficient (Wildman–Crippen LogP) is 3.04. The number of aromatic hydroxyl groups is 1. The van der Waals surface area contributed by atoms with Crippen LogP contribution < -0.4 is 0 Å². The van der Waals surface area contributed by atoms with Crippen molar-refractivity contribution in [3.63, 3.8) is 0 Å². The lowest BCUT2D eigenvalue weighted by molar-refractivity contribution is 0.474. The van der Waals surface area contributed by atoms with Gasteiger partial charge < -0.3 is 5.11 Å². The Labute approximate surface area is 89.0 Å². The highest BCUT2D eigenvalue weighted by atomic mass is 16.3. The van der Waals surface area contributed by atoms with E-state index < -0.39 is 0 Å². The fraction of sp³-hybridized carbons (Fsp3) is 0. The van der Waals surface area contributed by atoms with Gasteiger partial charge in [0.05, 0.1) is 5.56 Å². The summed E-state index contributed by atoms with van der Waals surface area (Å²) in [6, 6.07) is 15.3. The average molecular weight is 194 g/mol. The smallest absolute Gasteiger partial charge is 0.131 e. The van der Waals surface area contributed by atoms with E-state index in [1.54, 1.807) is 24.3 Å². The van der Waals surface area contributed by atoms with Gasteiger partial charge in [-0.1, -0.05) is 42.3 Å². The molecule has 0 amide bonds. The number of phenolic OH excluding ortho intramolecular Hbond substituents is 1. The number of para-hydroxylation sites is 1. The van der Waals surface area contributed by atoms with E-state index in [0.29, 0.717) is 5.56 Å². The van der Waals surface area contributed by atoms with Crippen LogP contribution in [0.1, 0.15) is 5.56 Å². The summed E-state index contributed by atoms with van der Waals surface area (Å²) in [5.41, 5.74) is 3.39.